The van der Waals surface area contributed by atoms with E-state index in [0.717, 1.165) is 21.9 Å². The van der Waals surface area contributed by atoms with E-state index in [-0.39, 0.29) is 57.4 Å². The highest BCUT2D eigenvalue weighted by Gasteiger charge is 2.69. The van der Waals surface area contributed by atoms with Crippen molar-refractivity contribution in [3.05, 3.63) is 79.8 Å². The summed E-state index contributed by atoms with van der Waals surface area (Å²) in [5.74, 6) is 0.0363. The van der Waals surface area contributed by atoms with Crippen LogP contribution in [0.4, 0.5) is 5.69 Å². The highest BCUT2D eigenvalue weighted by Crippen LogP contribution is 2.68. The molecular weight excluding hydrogens is 464 g/mol. The number of nitrogens with one attached hydrogen (secondary N) is 1. The van der Waals surface area contributed by atoms with Crippen LogP contribution in [0.5, 0.6) is 0 Å². The minimum absolute atomic E-state index is 0.0266. The predicted molar refractivity (Wildman–Crippen MR) is 133 cm³/mol. The number of imide groups is 1. The SMILES string of the molecule is Cc1ccc(N2C(=O)C3C4CC(C3C2=O)[C@H]2C(c3ccccc3C)c3sc(=O)[nH]c3SC42)cc1. The van der Waals surface area contributed by atoms with Crippen LogP contribution in [0.15, 0.2) is 58.4 Å². The molecule has 3 aromatic rings. The number of thiazole rings is 1. The van der Waals surface area contributed by atoms with Crippen molar-refractivity contribution in [2.45, 2.75) is 36.5 Å². The lowest BCUT2D eigenvalue weighted by Crippen LogP contribution is -2.42. The van der Waals surface area contributed by atoms with Gasteiger partial charge in [-0.05, 0) is 61.3 Å². The van der Waals surface area contributed by atoms with Gasteiger partial charge in [-0.25, -0.2) is 0 Å². The van der Waals surface area contributed by atoms with Crippen LogP contribution in [-0.4, -0.2) is 22.0 Å². The standard InChI is InChI=1S/C27H24N2O3S2/c1-12-7-9-14(10-8-12)29-25(30)20-16-11-17(21(20)26(29)31)22-19(16)18(15-6-4-3-5-13(15)2)23-24(33-22)28-27(32)34-23/h3-10,16-22H,11H2,1-2H3,(H,28,32)/t16?,17?,18?,19-,20?,21?,22?/m0/s1. The van der Waals surface area contributed by atoms with Crippen LogP contribution in [-0.2, 0) is 9.59 Å². The lowest BCUT2D eigenvalue weighted by molar-refractivity contribution is -0.123. The van der Waals surface area contributed by atoms with Gasteiger partial charge in [0, 0.05) is 16.0 Å². The van der Waals surface area contributed by atoms with E-state index in [0.29, 0.717) is 5.69 Å². The molecule has 2 aromatic carbocycles. The van der Waals surface area contributed by atoms with Crippen LogP contribution in [0.3, 0.4) is 0 Å². The van der Waals surface area contributed by atoms with Gasteiger partial charge in [0.05, 0.1) is 22.5 Å². The second kappa shape index (κ2) is 7.18. The quantitative estimate of drug-likeness (QED) is 0.530. The Bertz CT molecular complexity index is 1410. The van der Waals surface area contributed by atoms with E-state index in [1.165, 1.54) is 27.4 Å². The molecule has 6 unspecified atom stereocenters. The van der Waals surface area contributed by atoms with Gasteiger partial charge in [-0.2, -0.15) is 0 Å². The predicted octanol–water partition coefficient (Wildman–Crippen LogP) is 4.73. The Balaban J connectivity index is 1.34. The molecular formula is C27H24N2O3S2. The summed E-state index contributed by atoms with van der Waals surface area (Å²) in [6.07, 6.45) is 0.915. The zero-order valence-corrected chi connectivity index (χ0v) is 20.5. The third-order valence-corrected chi connectivity index (χ3v) is 11.1. The molecule has 34 heavy (non-hydrogen) atoms. The molecule has 3 heterocycles. The summed E-state index contributed by atoms with van der Waals surface area (Å²) >= 11 is 3.05. The maximum Gasteiger partial charge on any atom is 0.305 e. The number of thioether (sulfide) groups is 1. The average molecular weight is 489 g/mol. The second-order valence-electron chi connectivity index (χ2n) is 10.2. The average Bonchev–Trinajstić information content (AvgIpc) is 3.54. The van der Waals surface area contributed by atoms with Crippen molar-refractivity contribution in [2.75, 3.05) is 4.90 Å². The number of nitrogens with zero attached hydrogens (tertiary/aromatic N) is 1. The molecule has 7 heteroatoms. The topological polar surface area (TPSA) is 70.2 Å². The minimum Gasteiger partial charge on any atom is -0.307 e. The Hall–Kier alpha value is -2.64. The number of H-pyrrole nitrogens is 1. The van der Waals surface area contributed by atoms with Gasteiger partial charge < -0.3 is 4.98 Å². The zero-order valence-electron chi connectivity index (χ0n) is 18.9. The number of carbonyl (C=O) groups excluding carboxylic acids is 2. The molecule has 7 atom stereocenters. The summed E-state index contributed by atoms with van der Waals surface area (Å²) in [7, 11) is 0. The monoisotopic (exact) mass is 488 g/mol. The summed E-state index contributed by atoms with van der Waals surface area (Å²) in [6, 6.07) is 16.1. The number of carbonyl (C=O) groups is 2. The van der Waals surface area contributed by atoms with E-state index in [1.807, 2.05) is 37.3 Å². The van der Waals surface area contributed by atoms with Gasteiger partial charge in [-0.1, -0.05) is 53.3 Å². The number of aromatic nitrogens is 1. The maximum atomic E-state index is 13.8. The molecule has 5 nitrogen and oxygen atoms in total. The number of hydrogen-bond acceptors (Lipinski definition) is 5. The van der Waals surface area contributed by atoms with Crippen LogP contribution >= 0.6 is 23.1 Å². The maximum absolute atomic E-state index is 13.8. The Labute approximate surface area is 205 Å². The normalized spacial score (nSPS) is 33.2. The van der Waals surface area contributed by atoms with E-state index in [1.54, 1.807) is 11.8 Å². The second-order valence-corrected chi connectivity index (χ2v) is 12.4. The molecule has 2 bridgehead atoms. The summed E-state index contributed by atoms with van der Waals surface area (Å²) in [6.45, 7) is 4.13. The summed E-state index contributed by atoms with van der Waals surface area (Å²) in [4.78, 5) is 45.4. The number of rotatable bonds is 2. The largest absolute Gasteiger partial charge is 0.307 e. The van der Waals surface area contributed by atoms with Crippen molar-refractivity contribution in [1.82, 2.24) is 4.98 Å². The molecule has 4 aliphatic rings. The zero-order chi connectivity index (χ0) is 23.3. The van der Waals surface area contributed by atoms with Gasteiger partial charge in [0.15, 0.2) is 0 Å². The number of amides is 2. The first kappa shape index (κ1) is 20.7. The van der Waals surface area contributed by atoms with Crippen molar-refractivity contribution < 1.29 is 9.59 Å². The molecule has 2 saturated carbocycles. The first-order chi connectivity index (χ1) is 16.4. The Morgan fingerprint density at radius 2 is 1.62 bits per heavy atom. The lowest BCUT2D eigenvalue weighted by atomic mass is 9.67. The van der Waals surface area contributed by atoms with Crippen molar-refractivity contribution in [1.29, 1.82) is 0 Å². The van der Waals surface area contributed by atoms with Crippen molar-refractivity contribution in [2.24, 2.45) is 29.6 Å². The van der Waals surface area contributed by atoms with Crippen LogP contribution in [0.1, 0.15) is 33.9 Å². The van der Waals surface area contributed by atoms with Crippen LogP contribution in [0, 0.1) is 43.4 Å². The van der Waals surface area contributed by atoms with Crippen molar-refractivity contribution in [3.8, 4) is 0 Å². The van der Waals surface area contributed by atoms with E-state index in [2.05, 4.69) is 30.1 Å². The molecule has 1 saturated heterocycles. The van der Waals surface area contributed by atoms with Gasteiger partial charge in [-0.15, -0.1) is 11.8 Å². The highest BCUT2D eigenvalue weighted by molar-refractivity contribution is 8.00. The number of aryl methyl sites for hydroxylation is 2. The van der Waals surface area contributed by atoms with Crippen molar-refractivity contribution in [3.63, 3.8) is 0 Å². The van der Waals surface area contributed by atoms with Crippen LogP contribution in [0.2, 0.25) is 0 Å². The third kappa shape index (κ3) is 2.65. The first-order valence-corrected chi connectivity index (χ1v) is 13.5. The van der Waals surface area contributed by atoms with Gasteiger partial charge in [-0.3, -0.25) is 19.3 Å². The number of fused-ring (bicyclic) bond motifs is 9. The summed E-state index contributed by atoms with van der Waals surface area (Å²) in [5, 5.41) is 1.18. The number of hydrogen-bond donors (Lipinski definition) is 1. The van der Waals surface area contributed by atoms with Gasteiger partial charge in [0.2, 0.25) is 11.8 Å². The molecule has 0 radical (unpaired) electrons. The first-order valence-electron chi connectivity index (χ1n) is 11.8. The lowest BCUT2D eigenvalue weighted by Gasteiger charge is -2.43. The smallest absolute Gasteiger partial charge is 0.305 e. The molecule has 172 valence electrons. The Kier molecular flexibility index (Phi) is 4.38. The van der Waals surface area contributed by atoms with Crippen LogP contribution in [0.25, 0.3) is 0 Å². The van der Waals surface area contributed by atoms with Crippen LogP contribution < -0.4 is 9.77 Å². The fourth-order valence-corrected chi connectivity index (χ4v) is 10.1. The van der Waals surface area contributed by atoms with Gasteiger partial charge in [0.25, 0.3) is 0 Å². The summed E-state index contributed by atoms with van der Waals surface area (Å²) in [5.41, 5.74) is 4.24. The number of benzene rings is 2. The van der Waals surface area contributed by atoms with E-state index < -0.39 is 0 Å². The molecule has 1 aromatic heterocycles. The number of anilines is 1. The number of aromatic amines is 1. The fraction of sp³-hybridized carbons (Fsp3) is 0.370. The van der Waals surface area contributed by atoms with Gasteiger partial charge in [0.1, 0.15) is 0 Å². The van der Waals surface area contributed by atoms with E-state index >= 15 is 0 Å². The Morgan fingerprint density at radius 1 is 0.912 bits per heavy atom. The molecule has 2 aliphatic heterocycles. The molecule has 2 aliphatic carbocycles. The molecule has 0 spiro atoms. The molecule has 2 amide bonds. The summed E-state index contributed by atoms with van der Waals surface area (Å²) < 4.78 is 0. The van der Waals surface area contributed by atoms with E-state index in [4.69, 9.17) is 0 Å². The highest BCUT2D eigenvalue weighted by atomic mass is 32.2. The third-order valence-electron chi connectivity index (χ3n) is 8.54. The van der Waals surface area contributed by atoms with Crippen molar-refractivity contribution >= 4 is 40.6 Å². The molecule has 3 fully saturated rings. The van der Waals surface area contributed by atoms with E-state index in [9.17, 15) is 14.4 Å². The minimum atomic E-state index is -0.260. The Morgan fingerprint density at radius 3 is 2.35 bits per heavy atom. The fourth-order valence-electron chi connectivity index (χ4n) is 7.25. The molecule has 7 rings (SSSR count). The van der Waals surface area contributed by atoms with Gasteiger partial charge >= 0.3 is 4.87 Å². The molecule has 1 N–H and O–H groups in total.